The Morgan fingerprint density at radius 3 is 2.78 bits per heavy atom. The van der Waals surface area contributed by atoms with Crippen molar-refractivity contribution in [3.05, 3.63) is 63.9 Å². The molecule has 0 aromatic heterocycles. The Bertz CT molecular complexity index is 747. The maximum atomic E-state index is 13.2. The van der Waals surface area contributed by atoms with Crippen molar-refractivity contribution in [3.63, 3.8) is 0 Å². The third-order valence-corrected chi connectivity index (χ3v) is 3.55. The van der Waals surface area contributed by atoms with Gasteiger partial charge in [-0.05, 0) is 57.4 Å². The number of carbonyl (C=O) groups is 1. The van der Waals surface area contributed by atoms with E-state index in [-0.39, 0.29) is 12.4 Å². The van der Waals surface area contributed by atoms with Gasteiger partial charge in [0, 0.05) is 6.08 Å². The zero-order chi connectivity index (χ0) is 16.8. The van der Waals surface area contributed by atoms with Crippen molar-refractivity contribution in [1.29, 1.82) is 0 Å². The Labute approximate surface area is 141 Å². The van der Waals surface area contributed by atoms with E-state index >= 15 is 0 Å². The second-order valence-corrected chi connectivity index (χ2v) is 5.54. The normalized spacial score (nSPS) is 10.7. The van der Waals surface area contributed by atoms with Crippen LogP contribution in [0.15, 0.2) is 46.9 Å². The molecule has 2 aromatic rings. The van der Waals surface area contributed by atoms with Crippen molar-refractivity contribution in [3.8, 4) is 11.5 Å². The molecule has 0 saturated heterocycles. The SMILES string of the molecule is COc1cc(/C=C/C(N)=O)cc(Br)c1OCc1cccc(F)c1. The summed E-state index contributed by atoms with van der Waals surface area (Å²) >= 11 is 3.40. The first-order valence-electron chi connectivity index (χ1n) is 6.72. The highest BCUT2D eigenvalue weighted by Crippen LogP contribution is 2.37. The molecular weight excluding hydrogens is 365 g/mol. The lowest BCUT2D eigenvalue weighted by Gasteiger charge is -2.13. The first-order valence-corrected chi connectivity index (χ1v) is 7.51. The second kappa shape index (κ2) is 7.78. The number of halogens is 2. The molecule has 0 radical (unpaired) electrons. The van der Waals surface area contributed by atoms with Crippen molar-refractivity contribution in [2.75, 3.05) is 7.11 Å². The summed E-state index contributed by atoms with van der Waals surface area (Å²) in [5.41, 5.74) is 6.51. The van der Waals surface area contributed by atoms with Gasteiger partial charge in [0.1, 0.15) is 12.4 Å². The summed E-state index contributed by atoms with van der Waals surface area (Å²) in [6.45, 7) is 0.198. The van der Waals surface area contributed by atoms with Gasteiger partial charge in [-0.2, -0.15) is 0 Å². The van der Waals surface area contributed by atoms with Crippen LogP contribution in [0.25, 0.3) is 6.08 Å². The van der Waals surface area contributed by atoms with Gasteiger partial charge in [0.25, 0.3) is 0 Å². The average molecular weight is 380 g/mol. The van der Waals surface area contributed by atoms with Crippen LogP contribution in [0.3, 0.4) is 0 Å². The largest absolute Gasteiger partial charge is 0.493 e. The Balaban J connectivity index is 2.22. The number of benzene rings is 2. The molecule has 2 aromatic carbocycles. The van der Waals surface area contributed by atoms with Crippen LogP contribution >= 0.6 is 15.9 Å². The molecular formula is C17H15BrFNO3. The number of amides is 1. The lowest BCUT2D eigenvalue weighted by Crippen LogP contribution is -2.05. The molecule has 1 amide bonds. The zero-order valence-electron chi connectivity index (χ0n) is 12.4. The van der Waals surface area contributed by atoms with Crippen LogP contribution in [0.4, 0.5) is 4.39 Å². The van der Waals surface area contributed by atoms with Crippen LogP contribution in [0.5, 0.6) is 11.5 Å². The van der Waals surface area contributed by atoms with E-state index in [1.54, 1.807) is 30.3 Å². The second-order valence-electron chi connectivity index (χ2n) is 4.69. The number of carbonyl (C=O) groups excluding carboxylic acids is 1. The maximum absolute atomic E-state index is 13.2. The van der Waals surface area contributed by atoms with Gasteiger partial charge in [-0.15, -0.1) is 0 Å². The average Bonchev–Trinajstić information content (AvgIpc) is 2.51. The Morgan fingerprint density at radius 2 is 2.13 bits per heavy atom. The summed E-state index contributed by atoms with van der Waals surface area (Å²) in [5, 5.41) is 0. The maximum Gasteiger partial charge on any atom is 0.241 e. The lowest BCUT2D eigenvalue weighted by molar-refractivity contribution is -0.113. The molecule has 120 valence electrons. The van der Waals surface area contributed by atoms with E-state index in [4.69, 9.17) is 15.2 Å². The molecule has 23 heavy (non-hydrogen) atoms. The number of hydrogen-bond donors (Lipinski definition) is 1. The van der Waals surface area contributed by atoms with Crippen molar-refractivity contribution >= 4 is 27.9 Å². The minimum atomic E-state index is -0.536. The molecule has 0 unspecified atom stereocenters. The van der Waals surface area contributed by atoms with Gasteiger partial charge in [-0.25, -0.2) is 4.39 Å². The summed E-state index contributed by atoms with van der Waals surface area (Å²) in [7, 11) is 1.51. The summed E-state index contributed by atoms with van der Waals surface area (Å²) < 4.78 is 24.9. The van der Waals surface area contributed by atoms with Crippen LogP contribution in [-0.4, -0.2) is 13.0 Å². The van der Waals surface area contributed by atoms with E-state index in [0.717, 1.165) is 5.56 Å². The smallest absolute Gasteiger partial charge is 0.241 e. The van der Waals surface area contributed by atoms with Crippen molar-refractivity contribution < 1.29 is 18.7 Å². The van der Waals surface area contributed by atoms with E-state index in [9.17, 15) is 9.18 Å². The third kappa shape index (κ3) is 4.82. The zero-order valence-corrected chi connectivity index (χ0v) is 14.0. The standard InChI is InChI=1S/C17H15BrFNO3/c1-22-15-9-11(5-6-16(20)21)8-14(18)17(15)23-10-12-3-2-4-13(19)7-12/h2-9H,10H2,1H3,(H2,20,21)/b6-5+. The number of hydrogen-bond acceptors (Lipinski definition) is 3. The van der Waals surface area contributed by atoms with Gasteiger partial charge in [-0.3, -0.25) is 4.79 Å². The first kappa shape index (κ1) is 17.0. The number of primary amides is 1. The molecule has 4 nitrogen and oxygen atoms in total. The monoisotopic (exact) mass is 379 g/mol. The van der Waals surface area contributed by atoms with Gasteiger partial charge < -0.3 is 15.2 Å². The van der Waals surface area contributed by atoms with E-state index in [0.29, 0.717) is 21.5 Å². The van der Waals surface area contributed by atoms with E-state index in [1.807, 2.05) is 0 Å². The molecule has 0 fully saturated rings. The first-order chi connectivity index (χ1) is 11.0. The summed E-state index contributed by atoms with van der Waals surface area (Å²) in [6.07, 6.45) is 2.83. The molecule has 0 spiro atoms. The molecule has 0 saturated carbocycles. The third-order valence-electron chi connectivity index (χ3n) is 2.96. The quantitative estimate of drug-likeness (QED) is 0.778. The lowest BCUT2D eigenvalue weighted by atomic mass is 10.2. The van der Waals surface area contributed by atoms with Gasteiger partial charge in [0.15, 0.2) is 11.5 Å². The fraction of sp³-hybridized carbons (Fsp3) is 0.118. The molecule has 0 atom stereocenters. The van der Waals surface area contributed by atoms with Crippen LogP contribution < -0.4 is 15.2 Å². The number of nitrogens with two attached hydrogens (primary N) is 1. The molecule has 2 rings (SSSR count). The summed E-state index contributed by atoms with van der Waals surface area (Å²) in [4.78, 5) is 10.8. The van der Waals surface area contributed by atoms with Crippen molar-refractivity contribution in [1.82, 2.24) is 0 Å². The fourth-order valence-corrected chi connectivity index (χ4v) is 2.51. The van der Waals surface area contributed by atoms with E-state index < -0.39 is 5.91 Å². The topological polar surface area (TPSA) is 61.5 Å². The van der Waals surface area contributed by atoms with Gasteiger partial charge in [-0.1, -0.05) is 12.1 Å². The summed E-state index contributed by atoms with van der Waals surface area (Å²) in [5.74, 6) is 0.128. The molecule has 0 heterocycles. The highest BCUT2D eigenvalue weighted by molar-refractivity contribution is 9.10. The highest BCUT2D eigenvalue weighted by atomic mass is 79.9. The molecule has 6 heteroatoms. The van der Waals surface area contributed by atoms with Crippen molar-refractivity contribution in [2.45, 2.75) is 6.61 Å². The van der Waals surface area contributed by atoms with Gasteiger partial charge >= 0.3 is 0 Å². The number of rotatable bonds is 6. The molecule has 0 bridgehead atoms. The molecule has 0 aliphatic heterocycles. The molecule has 2 N–H and O–H groups in total. The van der Waals surface area contributed by atoms with E-state index in [2.05, 4.69) is 15.9 Å². The summed E-state index contributed by atoms with van der Waals surface area (Å²) in [6, 6.07) is 9.66. The van der Waals surface area contributed by atoms with Crippen LogP contribution in [0, 0.1) is 5.82 Å². The van der Waals surface area contributed by atoms with Crippen LogP contribution in [-0.2, 0) is 11.4 Å². The van der Waals surface area contributed by atoms with E-state index in [1.165, 1.54) is 25.3 Å². The van der Waals surface area contributed by atoms with Gasteiger partial charge in [0.05, 0.1) is 11.6 Å². The Hall–Kier alpha value is -2.34. The number of methoxy groups -OCH3 is 1. The minimum absolute atomic E-state index is 0.198. The molecule has 0 aliphatic carbocycles. The van der Waals surface area contributed by atoms with Gasteiger partial charge in [0.2, 0.25) is 5.91 Å². The van der Waals surface area contributed by atoms with Crippen LogP contribution in [0.1, 0.15) is 11.1 Å². The predicted molar refractivity (Wildman–Crippen MR) is 89.7 cm³/mol. The molecule has 0 aliphatic rings. The minimum Gasteiger partial charge on any atom is -0.493 e. The fourth-order valence-electron chi connectivity index (χ4n) is 1.94. The van der Waals surface area contributed by atoms with Crippen LogP contribution in [0.2, 0.25) is 0 Å². The van der Waals surface area contributed by atoms with Crippen molar-refractivity contribution in [2.24, 2.45) is 5.73 Å². The highest BCUT2D eigenvalue weighted by Gasteiger charge is 2.11. The Kier molecular flexibility index (Phi) is 5.76. The Morgan fingerprint density at radius 1 is 1.35 bits per heavy atom. The number of ether oxygens (including phenoxy) is 2. The predicted octanol–water partition coefficient (Wildman–Crippen LogP) is 3.67.